The largest absolute Gasteiger partial charge is 0.478 e. The molecule has 0 saturated carbocycles. The molecule has 9 rings (SSSR count). The van der Waals surface area contributed by atoms with Gasteiger partial charge in [0.2, 0.25) is 0 Å². The van der Waals surface area contributed by atoms with Crippen LogP contribution in [0.4, 0.5) is 0 Å². The number of aromatic carboxylic acids is 4. The highest BCUT2D eigenvalue weighted by Gasteiger charge is 2.26. The predicted octanol–water partition coefficient (Wildman–Crippen LogP) is 4.40. The van der Waals surface area contributed by atoms with Crippen molar-refractivity contribution < 1.29 is 39.6 Å². The number of rotatable bonds is 8. The van der Waals surface area contributed by atoms with E-state index >= 15 is 0 Å². The summed E-state index contributed by atoms with van der Waals surface area (Å²) in [6.07, 6.45) is 7.72. The van der Waals surface area contributed by atoms with E-state index in [0.717, 1.165) is 22.3 Å². The fraction of sp³-hybridized carbons (Fsp3) is 0.0417. The second-order valence-electron chi connectivity index (χ2n) is 14.3. The molecule has 0 aliphatic carbocycles. The van der Waals surface area contributed by atoms with Gasteiger partial charge in [-0.2, -0.15) is 0 Å². The highest BCUT2D eigenvalue weighted by Crippen LogP contribution is 2.29. The van der Waals surface area contributed by atoms with E-state index in [1.165, 1.54) is 24.3 Å². The molecule has 5 heterocycles. The number of hydrogen-bond acceptors (Lipinski definition) is 6. The van der Waals surface area contributed by atoms with Crippen molar-refractivity contribution in [2.24, 2.45) is 9.98 Å². The lowest BCUT2D eigenvalue weighted by Gasteiger charge is -2.14. The molecule has 0 radical (unpaired) electrons. The van der Waals surface area contributed by atoms with Gasteiger partial charge in [-0.15, -0.1) is 0 Å². The maximum atomic E-state index is 11.8. The number of allylic oxidation sites excluding steroid dienone is 2. The van der Waals surface area contributed by atoms with Crippen molar-refractivity contribution in [1.29, 1.82) is 0 Å². The molecule has 6 N–H and O–H groups in total. The second kappa shape index (κ2) is 14.8. The molecule has 2 aromatic heterocycles. The number of carboxylic acid groups (broad SMARTS) is 4. The fourth-order valence-corrected chi connectivity index (χ4v) is 7.85. The molecular weight excluding hydrogens is 761 g/mol. The zero-order chi connectivity index (χ0) is 41.7. The maximum absolute atomic E-state index is 11.8. The molecule has 4 aromatic carbocycles. The summed E-state index contributed by atoms with van der Waals surface area (Å²) in [7, 11) is 0. The summed E-state index contributed by atoms with van der Waals surface area (Å²) in [5.41, 5.74) is 7.48. The zero-order valence-corrected chi connectivity index (χ0v) is 31.3. The number of fused-ring (bicyclic) bond motifs is 6. The Bertz CT molecular complexity index is 2970. The molecule has 3 aliphatic heterocycles. The van der Waals surface area contributed by atoms with Crippen LogP contribution in [0.3, 0.4) is 0 Å². The van der Waals surface area contributed by atoms with Gasteiger partial charge in [-0.1, -0.05) is 60.7 Å². The number of nitrogens with zero attached hydrogens (tertiary/aromatic N) is 2. The van der Waals surface area contributed by atoms with Crippen LogP contribution in [-0.2, 0) is 0 Å². The van der Waals surface area contributed by atoms with Gasteiger partial charge in [-0.25, -0.2) is 19.2 Å². The number of hydrogen-bond donors (Lipinski definition) is 6. The Morgan fingerprint density at radius 1 is 0.383 bits per heavy atom. The molecule has 60 heavy (non-hydrogen) atoms. The first-order chi connectivity index (χ1) is 29.0. The van der Waals surface area contributed by atoms with Gasteiger partial charge in [0.05, 0.1) is 45.8 Å². The molecule has 0 saturated heterocycles. The Morgan fingerprint density at radius 3 is 0.983 bits per heavy atom. The molecule has 0 fully saturated rings. The van der Waals surface area contributed by atoms with Crippen LogP contribution in [0.1, 0.15) is 63.7 Å². The molecule has 2 unspecified atom stereocenters. The van der Waals surface area contributed by atoms with Gasteiger partial charge >= 0.3 is 23.9 Å². The summed E-state index contributed by atoms with van der Waals surface area (Å²) in [5.74, 6) is -4.22. The van der Waals surface area contributed by atoms with Crippen LogP contribution in [-0.4, -0.2) is 77.8 Å². The van der Waals surface area contributed by atoms with Crippen LogP contribution < -0.4 is 21.4 Å². The minimum Gasteiger partial charge on any atom is -0.478 e. The zero-order valence-electron chi connectivity index (χ0n) is 31.3. The van der Waals surface area contributed by atoms with Crippen molar-refractivity contribution in [3.63, 3.8) is 0 Å². The van der Waals surface area contributed by atoms with E-state index in [-0.39, 0.29) is 22.3 Å². The quantitative estimate of drug-likeness (QED) is 0.130. The normalized spacial score (nSPS) is 20.4. The molecule has 0 spiro atoms. The van der Waals surface area contributed by atoms with E-state index in [4.69, 9.17) is 9.98 Å². The monoisotopic (exact) mass is 792 g/mol. The lowest BCUT2D eigenvalue weighted by molar-refractivity contribution is 0.0686. The van der Waals surface area contributed by atoms with Crippen LogP contribution in [0.15, 0.2) is 156 Å². The van der Waals surface area contributed by atoms with E-state index in [9.17, 15) is 39.6 Å². The third-order valence-corrected chi connectivity index (χ3v) is 10.8. The summed E-state index contributed by atoms with van der Waals surface area (Å²) in [5, 5.41) is 41.5. The topological polar surface area (TPSA) is 205 Å². The third kappa shape index (κ3) is 6.77. The Kier molecular flexibility index (Phi) is 9.21. The first-order valence-corrected chi connectivity index (χ1v) is 18.8. The van der Waals surface area contributed by atoms with Crippen molar-refractivity contribution in [2.75, 3.05) is 0 Å². The Morgan fingerprint density at radius 2 is 0.667 bits per heavy atom. The molecule has 12 nitrogen and oxygen atoms in total. The van der Waals surface area contributed by atoms with E-state index in [1.807, 2.05) is 48.6 Å². The molecule has 8 bridgehead atoms. The Labute approximate surface area is 339 Å². The van der Waals surface area contributed by atoms with Crippen LogP contribution in [0, 0.1) is 0 Å². The number of carboxylic acids is 4. The number of H-pyrrole nitrogens is 2. The van der Waals surface area contributed by atoms with E-state index < -0.39 is 36.0 Å². The van der Waals surface area contributed by atoms with Crippen molar-refractivity contribution in [1.82, 2.24) is 9.97 Å². The molecule has 3 aliphatic rings. The first-order valence-electron chi connectivity index (χ1n) is 18.8. The summed E-state index contributed by atoms with van der Waals surface area (Å²) >= 11 is 0. The molecule has 12 heteroatoms. The van der Waals surface area contributed by atoms with Crippen LogP contribution in [0.2, 0.25) is 0 Å². The van der Waals surface area contributed by atoms with Crippen molar-refractivity contribution in [3.8, 4) is 0 Å². The van der Waals surface area contributed by atoms with Crippen LogP contribution in [0.25, 0.3) is 22.3 Å². The van der Waals surface area contributed by atoms with E-state index in [0.29, 0.717) is 55.1 Å². The number of benzene rings is 4. The van der Waals surface area contributed by atoms with Gasteiger partial charge in [-0.05, 0) is 107 Å². The number of carbonyl (C=O) groups is 4. The van der Waals surface area contributed by atoms with Crippen LogP contribution >= 0.6 is 0 Å². The van der Waals surface area contributed by atoms with Gasteiger partial charge in [0, 0.05) is 43.7 Å². The van der Waals surface area contributed by atoms with E-state index in [2.05, 4.69) is 9.97 Å². The number of aromatic amines is 2. The summed E-state index contributed by atoms with van der Waals surface area (Å²) < 4.78 is 0. The number of aliphatic imine (C=N–C) groups is 2. The highest BCUT2D eigenvalue weighted by molar-refractivity contribution is 6.31. The molecule has 6 aromatic rings. The van der Waals surface area contributed by atoms with Crippen molar-refractivity contribution in [2.45, 2.75) is 12.1 Å². The summed E-state index contributed by atoms with van der Waals surface area (Å²) in [6, 6.07) is 32.8. The minimum atomic E-state index is -1.06. The highest BCUT2D eigenvalue weighted by atomic mass is 16.4. The summed E-state index contributed by atoms with van der Waals surface area (Å²) in [4.78, 5) is 65.1. The molecule has 0 amide bonds. The van der Waals surface area contributed by atoms with Crippen molar-refractivity contribution in [3.05, 3.63) is 212 Å². The standard InChI is InChI=1S/C48H32N4O8/c53-45(54)29-9-1-25(2-10-29)41-33-17-19-35(49-33)42(26-3-11-30(12-4-26)46(55)56)37-21-23-39(51-37)44(28-7-15-32(16-8-28)48(59)60)40-24-22-38(52-40)43(36-20-18-34(41)50-36)27-5-13-31(14-6-27)47(57)58/h1-24,33,38,50-51H,(H,53,54)(H,55,56)(H,57,58)(H,59,60)/b41-34-,42-37-,43-36-,44-39-. The van der Waals surface area contributed by atoms with Crippen LogP contribution in [0.5, 0.6) is 0 Å². The first kappa shape index (κ1) is 37.2. The van der Waals surface area contributed by atoms with E-state index in [1.54, 1.807) is 72.8 Å². The molecule has 2 atom stereocenters. The van der Waals surface area contributed by atoms with Gasteiger partial charge in [0.1, 0.15) is 0 Å². The Balaban J connectivity index is 1.37. The maximum Gasteiger partial charge on any atom is 0.335 e. The predicted molar refractivity (Wildman–Crippen MR) is 224 cm³/mol. The lowest BCUT2D eigenvalue weighted by Crippen LogP contribution is -2.24. The third-order valence-electron chi connectivity index (χ3n) is 10.8. The smallest absolute Gasteiger partial charge is 0.335 e. The SMILES string of the molecule is O=C(O)c1ccc(/C2=c3\cc/c([nH]3)=C(\c3ccc(C(=O)O)cc3)C3=NC(C=C3)/C(c3ccc(C(=O)O)cc3)=c3/cc/c([nH]3)=C(\c3ccc(C(=O)O)cc3)C3C=CC2=N3)cc1. The molecular formula is C48H32N4O8. The van der Waals surface area contributed by atoms with Gasteiger partial charge in [-0.3, -0.25) is 9.98 Å². The average Bonchev–Trinajstić information content (AvgIpc) is 4.10. The van der Waals surface area contributed by atoms with Gasteiger partial charge < -0.3 is 30.4 Å². The average molecular weight is 793 g/mol. The van der Waals surface area contributed by atoms with Gasteiger partial charge in [0.25, 0.3) is 0 Å². The minimum absolute atomic E-state index is 0.125. The second-order valence-corrected chi connectivity index (χ2v) is 14.3. The number of nitrogens with one attached hydrogen (secondary N) is 2. The lowest BCUT2D eigenvalue weighted by atomic mass is 9.97. The van der Waals surface area contributed by atoms with Gasteiger partial charge in [0.15, 0.2) is 0 Å². The van der Waals surface area contributed by atoms with Crippen molar-refractivity contribution >= 4 is 57.6 Å². The Hall–Kier alpha value is -8.38. The number of aromatic nitrogens is 2. The summed E-state index contributed by atoms with van der Waals surface area (Å²) in [6.45, 7) is 0. The molecule has 292 valence electrons. The fourth-order valence-electron chi connectivity index (χ4n) is 7.85.